The van der Waals surface area contributed by atoms with Crippen molar-refractivity contribution >= 4 is 19.8 Å². The molecule has 0 aromatic rings. The number of phosphoric ester groups is 1. The van der Waals surface area contributed by atoms with Gasteiger partial charge in [-0.15, -0.1) is 0 Å². The average molecular weight is 822 g/mol. The molecule has 2 atom stereocenters. The molecule has 0 spiro atoms. The lowest BCUT2D eigenvalue weighted by Crippen LogP contribution is -2.29. The van der Waals surface area contributed by atoms with Gasteiger partial charge in [0.25, 0.3) is 0 Å². The minimum absolute atomic E-state index is 0.0430. The molecule has 0 fully saturated rings. The van der Waals surface area contributed by atoms with Gasteiger partial charge in [0.1, 0.15) is 6.61 Å². The van der Waals surface area contributed by atoms with E-state index in [2.05, 4.69) is 62.5 Å². The molecule has 57 heavy (non-hydrogen) atoms. The number of ether oxygens (including phenoxy) is 2. The summed E-state index contributed by atoms with van der Waals surface area (Å²) in [6.07, 6.45) is 51.2. The molecule has 0 rings (SSSR count). The summed E-state index contributed by atoms with van der Waals surface area (Å²) in [5.41, 5.74) is 5.35. The Hall–Kier alpha value is -2.29. The molecule has 9 nitrogen and oxygen atoms in total. The second kappa shape index (κ2) is 43.3. The highest BCUT2D eigenvalue weighted by Crippen LogP contribution is 2.43. The Balaban J connectivity index is 4.24. The first-order chi connectivity index (χ1) is 27.8. The predicted molar refractivity (Wildman–Crippen MR) is 238 cm³/mol. The minimum Gasteiger partial charge on any atom is -0.462 e. The molecule has 10 heteroatoms. The van der Waals surface area contributed by atoms with E-state index in [0.717, 1.165) is 44.9 Å². The van der Waals surface area contributed by atoms with Gasteiger partial charge in [-0.1, -0.05) is 190 Å². The fourth-order valence-corrected chi connectivity index (χ4v) is 6.79. The van der Waals surface area contributed by atoms with Gasteiger partial charge in [-0.2, -0.15) is 0 Å². The Morgan fingerprint density at radius 3 is 1.42 bits per heavy atom. The van der Waals surface area contributed by atoms with Crippen molar-refractivity contribution in [3.63, 3.8) is 0 Å². The summed E-state index contributed by atoms with van der Waals surface area (Å²) in [4.78, 5) is 34.9. The Bertz CT molecular complexity index is 1120. The van der Waals surface area contributed by atoms with Crippen molar-refractivity contribution in [1.82, 2.24) is 0 Å². The molecule has 0 aliphatic carbocycles. The molecule has 0 heterocycles. The third-order valence-electron chi connectivity index (χ3n) is 9.42. The smallest absolute Gasteiger partial charge is 0.462 e. The van der Waals surface area contributed by atoms with Crippen LogP contribution < -0.4 is 5.73 Å². The van der Waals surface area contributed by atoms with E-state index in [1.54, 1.807) is 0 Å². The third-order valence-corrected chi connectivity index (χ3v) is 10.4. The molecular formula is C47H84NO8P. The summed E-state index contributed by atoms with van der Waals surface area (Å²) in [6, 6.07) is 0. The fraction of sp³-hybridized carbons (Fsp3) is 0.745. The van der Waals surface area contributed by atoms with E-state index in [1.807, 2.05) is 12.2 Å². The highest BCUT2D eigenvalue weighted by atomic mass is 31.2. The fourth-order valence-electron chi connectivity index (χ4n) is 6.03. The summed E-state index contributed by atoms with van der Waals surface area (Å²) in [7, 11) is -4.39. The van der Waals surface area contributed by atoms with Crippen molar-refractivity contribution in [1.29, 1.82) is 0 Å². The first kappa shape index (κ1) is 54.7. The summed E-state index contributed by atoms with van der Waals surface area (Å²) in [5.74, 6) is -0.922. The van der Waals surface area contributed by atoms with Crippen molar-refractivity contribution in [2.75, 3.05) is 26.4 Å². The number of esters is 2. The maximum atomic E-state index is 12.6. The zero-order valence-electron chi connectivity index (χ0n) is 36.3. The van der Waals surface area contributed by atoms with Crippen LogP contribution in [0, 0.1) is 0 Å². The third kappa shape index (κ3) is 43.1. The van der Waals surface area contributed by atoms with Crippen LogP contribution in [0.2, 0.25) is 0 Å². The van der Waals surface area contributed by atoms with E-state index >= 15 is 0 Å². The van der Waals surface area contributed by atoms with Gasteiger partial charge in [0.2, 0.25) is 0 Å². The van der Waals surface area contributed by atoms with E-state index in [9.17, 15) is 19.0 Å². The van der Waals surface area contributed by atoms with E-state index < -0.39 is 32.5 Å². The first-order valence-electron chi connectivity index (χ1n) is 22.8. The topological polar surface area (TPSA) is 134 Å². The maximum absolute atomic E-state index is 12.6. The van der Waals surface area contributed by atoms with Crippen LogP contribution in [0.4, 0.5) is 0 Å². The van der Waals surface area contributed by atoms with Gasteiger partial charge >= 0.3 is 19.8 Å². The van der Waals surface area contributed by atoms with Crippen LogP contribution in [0.15, 0.2) is 60.8 Å². The number of unbranched alkanes of at least 4 members (excludes halogenated alkanes) is 19. The van der Waals surface area contributed by atoms with Gasteiger partial charge in [0, 0.05) is 19.4 Å². The molecule has 0 saturated carbocycles. The lowest BCUT2D eigenvalue weighted by Gasteiger charge is -2.19. The molecule has 0 bridgehead atoms. The number of carbonyl (C=O) groups excluding carboxylic acids is 2. The van der Waals surface area contributed by atoms with E-state index in [4.69, 9.17) is 24.3 Å². The number of carbonyl (C=O) groups is 2. The molecular weight excluding hydrogens is 737 g/mol. The van der Waals surface area contributed by atoms with Crippen LogP contribution in [-0.4, -0.2) is 49.3 Å². The van der Waals surface area contributed by atoms with Crippen molar-refractivity contribution < 1.29 is 37.6 Å². The van der Waals surface area contributed by atoms with Crippen LogP contribution in [0.5, 0.6) is 0 Å². The van der Waals surface area contributed by atoms with Crippen molar-refractivity contribution in [3.05, 3.63) is 60.8 Å². The summed E-state index contributed by atoms with van der Waals surface area (Å²) < 4.78 is 32.7. The number of hydrogen-bond donors (Lipinski definition) is 2. The molecule has 0 radical (unpaired) electrons. The average Bonchev–Trinajstić information content (AvgIpc) is 3.20. The molecule has 0 aromatic carbocycles. The second-order valence-electron chi connectivity index (χ2n) is 14.9. The molecule has 0 aliphatic rings. The van der Waals surface area contributed by atoms with Gasteiger partial charge in [-0.25, -0.2) is 4.57 Å². The zero-order chi connectivity index (χ0) is 41.8. The first-order valence-corrected chi connectivity index (χ1v) is 24.3. The minimum atomic E-state index is -4.39. The highest BCUT2D eigenvalue weighted by Gasteiger charge is 2.25. The van der Waals surface area contributed by atoms with Gasteiger partial charge in [-0.05, 0) is 51.4 Å². The molecule has 0 aliphatic heterocycles. The molecule has 0 saturated heterocycles. The van der Waals surface area contributed by atoms with Crippen LogP contribution in [0.25, 0.3) is 0 Å². The highest BCUT2D eigenvalue weighted by molar-refractivity contribution is 7.47. The van der Waals surface area contributed by atoms with Gasteiger partial charge < -0.3 is 20.1 Å². The molecule has 0 aromatic heterocycles. The standard InChI is InChI=1S/C47H84NO8P/c1-3-5-7-9-11-13-15-17-19-21-22-24-25-27-29-31-33-35-37-39-46(49)53-43-45(44-55-57(51,52)54-42-41-48)56-47(50)40-38-36-34-32-30-28-26-23-20-18-16-14-12-10-8-6-4-2/h11,13,17,19,22,24,27,29,33,35,45H,3-10,12,14-16,18,20-21,23,25-26,28,30-32,34,36-44,48H2,1-2H3,(H,51,52)/b13-11-,19-17-,24-22-,29-27-,35-33-/t45-/m1/s1. The number of allylic oxidation sites excluding steroid dienone is 10. The molecule has 330 valence electrons. The molecule has 1 unspecified atom stereocenters. The lowest BCUT2D eigenvalue weighted by molar-refractivity contribution is -0.161. The van der Waals surface area contributed by atoms with Crippen molar-refractivity contribution in [2.24, 2.45) is 5.73 Å². The van der Waals surface area contributed by atoms with Gasteiger partial charge in [0.05, 0.1) is 13.2 Å². The maximum Gasteiger partial charge on any atom is 0.472 e. The van der Waals surface area contributed by atoms with Gasteiger partial charge in [-0.3, -0.25) is 18.6 Å². The Morgan fingerprint density at radius 2 is 0.947 bits per heavy atom. The molecule has 0 amide bonds. The lowest BCUT2D eigenvalue weighted by atomic mass is 10.0. The predicted octanol–water partition coefficient (Wildman–Crippen LogP) is 13.3. The summed E-state index contributed by atoms with van der Waals surface area (Å²) in [6.45, 7) is 3.63. The normalized spacial score (nSPS) is 13.8. The summed E-state index contributed by atoms with van der Waals surface area (Å²) >= 11 is 0. The Kier molecular flexibility index (Phi) is 41.6. The van der Waals surface area contributed by atoms with Crippen molar-refractivity contribution in [2.45, 2.75) is 200 Å². The van der Waals surface area contributed by atoms with E-state index in [0.29, 0.717) is 12.8 Å². The Morgan fingerprint density at radius 1 is 0.526 bits per heavy atom. The van der Waals surface area contributed by atoms with E-state index in [-0.39, 0.29) is 32.6 Å². The SMILES string of the molecule is CCCCC/C=C\C/C=C\C/C=C\C/C=C\C/C=C\CCC(=O)OC[C@H](COP(=O)(O)OCCN)OC(=O)CCCCCCCCCCCCCCCCCCC. The van der Waals surface area contributed by atoms with Crippen LogP contribution >= 0.6 is 7.82 Å². The van der Waals surface area contributed by atoms with Gasteiger partial charge in [0.15, 0.2) is 6.10 Å². The zero-order valence-corrected chi connectivity index (χ0v) is 37.2. The van der Waals surface area contributed by atoms with Crippen molar-refractivity contribution in [3.8, 4) is 0 Å². The number of phosphoric acid groups is 1. The monoisotopic (exact) mass is 822 g/mol. The Labute approximate surface area is 349 Å². The summed E-state index contributed by atoms with van der Waals surface area (Å²) in [5, 5.41) is 0. The quantitative estimate of drug-likeness (QED) is 0.0267. The number of nitrogens with two attached hydrogens (primary N) is 1. The number of hydrogen-bond acceptors (Lipinski definition) is 8. The van der Waals surface area contributed by atoms with Crippen LogP contribution in [0.3, 0.4) is 0 Å². The number of rotatable bonds is 42. The van der Waals surface area contributed by atoms with Crippen LogP contribution in [0.1, 0.15) is 194 Å². The van der Waals surface area contributed by atoms with Crippen LogP contribution in [-0.2, 0) is 32.7 Å². The van der Waals surface area contributed by atoms with E-state index in [1.165, 1.54) is 109 Å². The largest absolute Gasteiger partial charge is 0.472 e. The molecule has 3 N–H and O–H groups in total. The second-order valence-corrected chi connectivity index (χ2v) is 16.4.